The van der Waals surface area contributed by atoms with Gasteiger partial charge in [-0.1, -0.05) is 0 Å². The predicted octanol–water partition coefficient (Wildman–Crippen LogP) is 1.41. The number of hydrogen-bond donors (Lipinski definition) is 1. The second-order valence-electron chi connectivity index (χ2n) is 4.49. The van der Waals surface area contributed by atoms with E-state index in [9.17, 15) is 0 Å². The molecule has 0 spiro atoms. The van der Waals surface area contributed by atoms with Gasteiger partial charge in [0.25, 0.3) is 0 Å². The van der Waals surface area contributed by atoms with Crippen LogP contribution in [-0.4, -0.2) is 30.0 Å². The molecule has 1 aromatic carbocycles. The fourth-order valence-electron chi connectivity index (χ4n) is 2.11. The van der Waals surface area contributed by atoms with Gasteiger partial charge in [0.2, 0.25) is 6.79 Å². The van der Waals surface area contributed by atoms with Crippen molar-refractivity contribution in [1.29, 1.82) is 0 Å². The Kier molecular flexibility index (Phi) is 3.73. The van der Waals surface area contributed by atoms with Crippen LogP contribution in [0.25, 0.3) is 0 Å². The summed E-state index contributed by atoms with van der Waals surface area (Å²) in [6.45, 7) is 2.32. The Morgan fingerprint density at radius 1 is 1.35 bits per heavy atom. The molecule has 0 amide bonds. The van der Waals surface area contributed by atoms with Crippen LogP contribution in [0, 0.1) is 0 Å². The zero-order valence-electron chi connectivity index (χ0n) is 11.3. The van der Waals surface area contributed by atoms with Crippen LogP contribution in [0.2, 0.25) is 0 Å². The summed E-state index contributed by atoms with van der Waals surface area (Å²) in [4.78, 5) is 4.00. The number of ether oxygens (including phenoxy) is 3. The van der Waals surface area contributed by atoms with Gasteiger partial charge in [0.15, 0.2) is 11.5 Å². The van der Waals surface area contributed by atoms with E-state index in [0.29, 0.717) is 6.61 Å². The van der Waals surface area contributed by atoms with Gasteiger partial charge in [0.1, 0.15) is 12.4 Å². The number of imidazole rings is 1. The van der Waals surface area contributed by atoms with Gasteiger partial charge in [-0.05, 0) is 13.1 Å². The van der Waals surface area contributed by atoms with E-state index in [1.807, 2.05) is 29.9 Å². The number of fused-ring (bicyclic) bond motifs is 1. The van der Waals surface area contributed by atoms with E-state index in [2.05, 4.69) is 10.3 Å². The number of hydrogen-bond acceptors (Lipinski definition) is 5. The van der Waals surface area contributed by atoms with Crippen molar-refractivity contribution in [2.24, 2.45) is 0 Å². The normalized spacial score (nSPS) is 12.7. The highest BCUT2D eigenvalue weighted by molar-refractivity contribution is 5.51. The molecule has 0 aliphatic carbocycles. The van der Waals surface area contributed by atoms with Crippen LogP contribution in [0.3, 0.4) is 0 Å². The van der Waals surface area contributed by atoms with Crippen LogP contribution in [0.4, 0.5) is 0 Å². The Morgan fingerprint density at radius 3 is 2.95 bits per heavy atom. The first-order valence-electron chi connectivity index (χ1n) is 6.52. The minimum Gasteiger partial charge on any atom is -0.491 e. The van der Waals surface area contributed by atoms with Crippen molar-refractivity contribution in [3.05, 3.63) is 36.4 Å². The molecule has 0 bridgehead atoms. The van der Waals surface area contributed by atoms with Crippen LogP contribution in [-0.2, 0) is 13.1 Å². The maximum Gasteiger partial charge on any atom is 0.231 e. The molecular formula is C14H17N3O3. The molecule has 20 heavy (non-hydrogen) atoms. The third-order valence-corrected chi connectivity index (χ3v) is 3.09. The number of aromatic nitrogens is 2. The summed E-state index contributed by atoms with van der Waals surface area (Å²) in [5.41, 5.74) is 1.06. The third kappa shape index (κ3) is 2.70. The SMILES string of the molecule is CNCc1cc2c(cc1OCCn1ccnc1)OCO2. The Morgan fingerprint density at radius 2 is 2.20 bits per heavy atom. The first-order valence-corrected chi connectivity index (χ1v) is 6.52. The lowest BCUT2D eigenvalue weighted by atomic mass is 10.1. The molecule has 2 heterocycles. The standard InChI is InChI=1S/C14H17N3O3/c1-15-8-11-6-13-14(20-10-19-13)7-12(11)18-5-4-17-3-2-16-9-17/h2-3,6-7,9,15H,4-5,8,10H2,1H3. The second-order valence-corrected chi connectivity index (χ2v) is 4.49. The first kappa shape index (κ1) is 12.8. The average molecular weight is 275 g/mol. The molecular weight excluding hydrogens is 258 g/mol. The van der Waals surface area contributed by atoms with Gasteiger partial charge in [-0.25, -0.2) is 4.98 Å². The third-order valence-electron chi connectivity index (χ3n) is 3.09. The number of nitrogens with one attached hydrogen (secondary N) is 1. The zero-order chi connectivity index (χ0) is 13.8. The summed E-state index contributed by atoms with van der Waals surface area (Å²) < 4.78 is 18.6. The highest BCUT2D eigenvalue weighted by Gasteiger charge is 2.17. The molecule has 0 radical (unpaired) electrons. The molecule has 6 heteroatoms. The summed E-state index contributed by atoms with van der Waals surface area (Å²) in [6, 6.07) is 3.86. The Balaban J connectivity index is 1.70. The summed E-state index contributed by atoms with van der Waals surface area (Å²) in [6.07, 6.45) is 5.45. The van der Waals surface area contributed by atoms with E-state index in [1.54, 1.807) is 12.5 Å². The highest BCUT2D eigenvalue weighted by atomic mass is 16.7. The summed E-state index contributed by atoms with van der Waals surface area (Å²) in [5, 5.41) is 3.13. The Bertz CT molecular complexity index is 569. The second kappa shape index (κ2) is 5.83. The fourth-order valence-corrected chi connectivity index (χ4v) is 2.11. The van der Waals surface area contributed by atoms with Gasteiger partial charge in [0, 0.05) is 30.6 Å². The molecule has 0 saturated carbocycles. The molecule has 1 aliphatic heterocycles. The van der Waals surface area contributed by atoms with Crippen LogP contribution in [0.1, 0.15) is 5.56 Å². The quantitative estimate of drug-likeness (QED) is 0.864. The highest BCUT2D eigenvalue weighted by Crippen LogP contribution is 2.38. The van der Waals surface area contributed by atoms with E-state index in [4.69, 9.17) is 14.2 Å². The van der Waals surface area contributed by atoms with Gasteiger partial charge in [-0.15, -0.1) is 0 Å². The predicted molar refractivity (Wildman–Crippen MR) is 73.1 cm³/mol. The van der Waals surface area contributed by atoms with Gasteiger partial charge in [-0.2, -0.15) is 0 Å². The zero-order valence-corrected chi connectivity index (χ0v) is 11.3. The van der Waals surface area contributed by atoms with Gasteiger partial charge < -0.3 is 24.1 Å². The van der Waals surface area contributed by atoms with Crippen molar-refractivity contribution in [3.63, 3.8) is 0 Å². The number of rotatable bonds is 6. The lowest BCUT2D eigenvalue weighted by molar-refractivity contribution is 0.173. The minimum absolute atomic E-state index is 0.271. The smallest absolute Gasteiger partial charge is 0.231 e. The average Bonchev–Trinajstić information content (AvgIpc) is 3.10. The summed E-state index contributed by atoms with van der Waals surface area (Å²) >= 11 is 0. The molecule has 1 aromatic heterocycles. The fraction of sp³-hybridized carbons (Fsp3) is 0.357. The van der Waals surface area contributed by atoms with Crippen LogP contribution >= 0.6 is 0 Å². The van der Waals surface area contributed by atoms with Crippen LogP contribution < -0.4 is 19.5 Å². The van der Waals surface area contributed by atoms with E-state index in [1.165, 1.54) is 0 Å². The van der Waals surface area contributed by atoms with E-state index < -0.39 is 0 Å². The van der Waals surface area contributed by atoms with Crippen molar-refractivity contribution >= 4 is 0 Å². The summed E-state index contributed by atoms with van der Waals surface area (Å²) in [7, 11) is 1.90. The van der Waals surface area contributed by atoms with Gasteiger partial charge in [0.05, 0.1) is 12.9 Å². The Labute approximate surface area is 117 Å². The van der Waals surface area contributed by atoms with Crippen LogP contribution in [0.15, 0.2) is 30.9 Å². The number of benzene rings is 1. The molecule has 0 unspecified atom stereocenters. The molecule has 6 nitrogen and oxygen atoms in total. The topological polar surface area (TPSA) is 57.5 Å². The molecule has 106 valence electrons. The van der Waals surface area contributed by atoms with Crippen molar-refractivity contribution in [2.75, 3.05) is 20.4 Å². The van der Waals surface area contributed by atoms with Crippen molar-refractivity contribution in [2.45, 2.75) is 13.1 Å². The molecule has 2 aromatic rings. The lowest BCUT2D eigenvalue weighted by Crippen LogP contribution is -2.10. The molecule has 0 atom stereocenters. The van der Waals surface area contributed by atoms with E-state index in [-0.39, 0.29) is 6.79 Å². The lowest BCUT2D eigenvalue weighted by Gasteiger charge is -2.12. The summed E-state index contributed by atoms with van der Waals surface area (Å²) in [5.74, 6) is 2.34. The van der Waals surface area contributed by atoms with Crippen LogP contribution in [0.5, 0.6) is 17.2 Å². The van der Waals surface area contributed by atoms with Crippen molar-refractivity contribution in [1.82, 2.24) is 14.9 Å². The largest absolute Gasteiger partial charge is 0.491 e. The first-order chi connectivity index (χ1) is 9.86. The minimum atomic E-state index is 0.271. The van der Waals surface area contributed by atoms with E-state index >= 15 is 0 Å². The maximum atomic E-state index is 5.86. The van der Waals surface area contributed by atoms with Gasteiger partial charge in [-0.3, -0.25) is 0 Å². The maximum absolute atomic E-state index is 5.86. The van der Waals surface area contributed by atoms with Crippen molar-refractivity contribution in [3.8, 4) is 17.2 Å². The molecule has 3 rings (SSSR count). The van der Waals surface area contributed by atoms with Crippen molar-refractivity contribution < 1.29 is 14.2 Å². The monoisotopic (exact) mass is 275 g/mol. The number of nitrogens with zero attached hydrogens (tertiary/aromatic N) is 2. The molecule has 0 saturated heterocycles. The van der Waals surface area contributed by atoms with E-state index in [0.717, 1.165) is 35.9 Å². The molecule has 1 N–H and O–H groups in total. The molecule has 0 fully saturated rings. The Hall–Kier alpha value is -2.21. The van der Waals surface area contributed by atoms with Gasteiger partial charge >= 0.3 is 0 Å². The molecule has 1 aliphatic rings.